The Morgan fingerprint density at radius 2 is 1.67 bits per heavy atom. The summed E-state index contributed by atoms with van der Waals surface area (Å²) in [6.07, 6.45) is -1.18. The minimum absolute atomic E-state index is 0.0137. The van der Waals surface area contributed by atoms with Gasteiger partial charge in [0, 0.05) is 11.6 Å². The number of aromatic nitrogens is 2. The summed E-state index contributed by atoms with van der Waals surface area (Å²) in [5.41, 5.74) is -1.01. The maximum absolute atomic E-state index is 15.2. The average Bonchev–Trinajstić information content (AvgIpc) is 2.70. The molecule has 5 nitrogen and oxygen atoms in total. The van der Waals surface area contributed by atoms with E-state index in [-0.39, 0.29) is 34.2 Å². The molecule has 3 aliphatic carbocycles. The molecule has 1 aromatic heterocycles. The molecule has 2 bridgehead atoms. The van der Waals surface area contributed by atoms with Crippen molar-refractivity contribution >= 4 is 23.4 Å². The van der Waals surface area contributed by atoms with Crippen molar-refractivity contribution in [3.8, 4) is 11.3 Å². The monoisotopic (exact) mass is 443 g/mol. The Bertz CT molecular complexity index is 960. The van der Waals surface area contributed by atoms with Crippen LogP contribution >= 0.6 is 11.6 Å². The molecule has 3 saturated carbocycles. The minimum Gasteiger partial charge on any atom is -0.481 e. The zero-order chi connectivity index (χ0) is 21.6. The van der Waals surface area contributed by atoms with Gasteiger partial charge in [0.05, 0.1) is 11.5 Å². The molecule has 10 heteroatoms. The predicted molar refractivity (Wildman–Crippen MR) is 101 cm³/mol. The Morgan fingerprint density at radius 1 is 1.07 bits per heavy atom. The standard InChI is InChI=1S/C20H18ClF4N3O2/c21-19-27-16(11-5-7-12(8-6-11)20(23,24)25)14(22)17(28-19)26-15-10-3-1-9(2-4-10)13(15)18(29)30/h5-10,13,15H,1-4H2,(H,29,30)(H,26,27,28). The highest BCUT2D eigenvalue weighted by Gasteiger charge is 2.47. The highest BCUT2D eigenvalue weighted by Crippen LogP contribution is 2.46. The lowest BCUT2D eigenvalue weighted by atomic mass is 9.61. The fraction of sp³-hybridized carbons (Fsp3) is 0.450. The van der Waals surface area contributed by atoms with Crippen LogP contribution in [0, 0.1) is 23.6 Å². The van der Waals surface area contributed by atoms with E-state index in [9.17, 15) is 23.1 Å². The van der Waals surface area contributed by atoms with Gasteiger partial charge in [-0.25, -0.2) is 9.37 Å². The van der Waals surface area contributed by atoms with E-state index in [0.29, 0.717) is 0 Å². The summed E-state index contributed by atoms with van der Waals surface area (Å²) < 4.78 is 53.5. The van der Waals surface area contributed by atoms with Gasteiger partial charge < -0.3 is 10.4 Å². The van der Waals surface area contributed by atoms with Gasteiger partial charge in [-0.3, -0.25) is 4.79 Å². The van der Waals surface area contributed by atoms with E-state index in [1.807, 2.05) is 0 Å². The number of hydrogen-bond acceptors (Lipinski definition) is 4. The number of fused-ring (bicyclic) bond motifs is 3. The van der Waals surface area contributed by atoms with Gasteiger partial charge in [0.25, 0.3) is 0 Å². The summed E-state index contributed by atoms with van der Waals surface area (Å²) in [5, 5.41) is 12.3. The Kier molecular flexibility index (Phi) is 5.34. The Labute approximate surface area is 174 Å². The third kappa shape index (κ3) is 3.82. The van der Waals surface area contributed by atoms with Crippen LogP contribution in [0.5, 0.6) is 0 Å². The summed E-state index contributed by atoms with van der Waals surface area (Å²) >= 11 is 5.95. The van der Waals surface area contributed by atoms with Crippen LogP contribution in [-0.2, 0) is 11.0 Å². The number of carboxylic acids is 1. The smallest absolute Gasteiger partial charge is 0.416 e. The van der Waals surface area contributed by atoms with Crippen molar-refractivity contribution in [2.45, 2.75) is 37.9 Å². The quantitative estimate of drug-likeness (QED) is 0.498. The summed E-state index contributed by atoms with van der Waals surface area (Å²) in [4.78, 5) is 19.5. The van der Waals surface area contributed by atoms with E-state index < -0.39 is 35.5 Å². The first kappa shape index (κ1) is 20.8. The van der Waals surface area contributed by atoms with E-state index in [1.165, 1.54) is 0 Å². The van der Waals surface area contributed by atoms with Crippen molar-refractivity contribution in [2.24, 2.45) is 17.8 Å². The number of hydrogen-bond donors (Lipinski definition) is 2. The number of nitrogens with zero attached hydrogens (tertiary/aromatic N) is 2. The molecule has 2 N–H and O–H groups in total. The Balaban J connectivity index is 1.67. The Morgan fingerprint density at radius 3 is 2.23 bits per heavy atom. The van der Waals surface area contributed by atoms with Crippen molar-refractivity contribution in [3.05, 3.63) is 40.9 Å². The molecule has 0 amide bonds. The molecule has 3 fully saturated rings. The largest absolute Gasteiger partial charge is 0.481 e. The molecule has 0 saturated heterocycles. The SMILES string of the molecule is O=C(O)C1C2CCC(CC2)C1Nc1nc(Cl)nc(-c2ccc(C(F)(F)F)cc2)c1F. The van der Waals surface area contributed by atoms with Gasteiger partial charge in [-0.15, -0.1) is 0 Å². The summed E-state index contributed by atoms with van der Waals surface area (Å²) in [6, 6.07) is 3.38. The van der Waals surface area contributed by atoms with Gasteiger partial charge in [-0.05, 0) is 61.3 Å². The van der Waals surface area contributed by atoms with Crippen LogP contribution in [0.15, 0.2) is 24.3 Å². The lowest BCUT2D eigenvalue weighted by molar-refractivity contribution is -0.148. The van der Waals surface area contributed by atoms with Gasteiger partial charge in [0.15, 0.2) is 11.6 Å². The number of rotatable bonds is 4. The van der Waals surface area contributed by atoms with Gasteiger partial charge >= 0.3 is 12.1 Å². The Hall–Kier alpha value is -2.42. The van der Waals surface area contributed by atoms with Gasteiger partial charge in [-0.2, -0.15) is 18.2 Å². The van der Waals surface area contributed by atoms with Gasteiger partial charge in [0.1, 0.15) is 5.69 Å². The van der Waals surface area contributed by atoms with Crippen LogP contribution in [0.2, 0.25) is 5.28 Å². The summed E-state index contributed by atoms with van der Waals surface area (Å²) in [6.45, 7) is 0. The molecule has 160 valence electrons. The van der Waals surface area contributed by atoms with Crippen molar-refractivity contribution in [3.63, 3.8) is 0 Å². The van der Waals surface area contributed by atoms with Crippen molar-refractivity contribution in [1.82, 2.24) is 9.97 Å². The molecule has 0 radical (unpaired) electrons. The topological polar surface area (TPSA) is 75.1 Å². The fourth-order valence-electron chi connectivity index (χ4n) is 4.69. The minimum atomic E-state index is -4.51. The number of benzene rings is 1. The molecule has 2 aromatic rings. The van der Waals surface area contributed by atoms with Gasteiger partial charge in [0.2, 0.25) is 5.28 Å². The second kappa shape index (κ2) is 7.68. The second-order valence-corrected chi connectivity index (χ2v) is 8.13. The first-order valence-electron chi connectivity index (χ1n) is 9.55. The van der Waals surface area contributed by atoms with Crippen LogP contribution in [0.3, 0.4) is 0 Å². The second-order valence-electron chi connectivity index (χ2n) is 7.79. The van der Waals surface area contributed by atoms with E-state index >= 15 is 4.39 Å². The number of alkyl halides is 3. The summed E-state index contributed by atoms with van der Waals surface area (Å²) in [5.74, 6) is -2.65. The molecule has 0 spiro atoms. The molecular formula is C20H18ClF4N3O2. The third-order valence-corrected chi connectivity index (χ3v) is 6.29. The normalized spacial score (nSPS) is 25.9. The number of nitrogens with one attached hydrogen (secondary N) is 1. The molecule has 2 atom stereocenters. The zero-order valence-electron chi connectivity index (χ0n) is 15.6. The zero-order valence-corrected chi connectivity index (χ0v) is 16.3. The highest BCUT2D eigenvalue weighted by molar-refractivity contribution is 6.28. The molecule has 1 heterocycles. The number of aliphatic carboxylic acids is 1. The fourth-order valence-corrected chi connectivity index (χ4v) is 4.86. The van der Waals surface area contributed by atoms with Crippen LogP contribution < -0.4 is 5.32 Å². The van der Waals surface area contributed by atoms with Crippen LogP contribution in [0.25, 0.3) is 11.3 Å². The number of halogens is 5. The van der Waals surface area contributed by atoms with E-state index in [1.54, 1.807) is 0 Å². The predicted octanol–water partition coefficient (Wildman–Crippen LogP) is 5.26. The van der Waals surface area contributed by atoms with E-state index in [0.717, 1.165) is 49.9 Å². The van der Waals surface area contributed by atoms with E-state index in [2.05, 4.69) is 15.3 Å². The molecular weight excluding hydrogens is 426 g/mol. The number of carbonyl (C=O) groups is 1. The molecule has 0 aliphatic heterocycles. The highest BCUT2D eigenvalue weighted by atomic mass is 35.5. The van der Waals surface area contributed by atoms with Crippen LogP contribution in [0.4, 0.5) is 23.4 Å². The number of anilines is 1. The average molecular weight is 444 g/mol. The lowest BCUT2D eigenvalue weighted by Gasteiger charge is -2.47. The maximum Gasteiger partial charge on any atom is 0.416 e. The number of carboxylic acid groups (broad SMARTS) is 1. The lowest BCUT2D eigenvalue weighted by Crippen LogP contribution is -2.51. The molecule has 30 heavy (non-hydrogen) atoms. The van der Waals surface area contributed by atoms with Crippen molar-refractivity contribution in [2.75, 3.05) is 5.32 Å². The summed E-state index contributed by atoms with van der Waals surface area (Å²) in [7, 11) is 0. The van der Waals surface area contributed by atoms with Crippen LogP contribution in [0.1, 0.15) is 31.2 Å². The van der Waals surface area contributed by atoms with Crippen LogP contribution in [-0.4, -0.2) is 27.1 Å². The first-order chi connectivity index (χ1) is 14.1. The van der Waals surface area contributed by atoms with Gasteiger partial charge in [-0.1, -0.05) is 12.1 Å². The third-order valence-electron chi connectivity index (χ3n) is 6.12. The first-order valence-corrected chi connectivity index (χ1v) is 9.93. The van der Waals surface area contributed by atoms with E-state index in [4.69, 9.17) is 11.6 Å². The van der Waals surface area contributed by atoms with Crippen molar-refractivity contribution < 1.29 is 27.5 Å². The molecule has 2 unspecified atom stereocenters. The van der Waals surface area contributed by atoms with Crippen molar-refractivity contribution in [1.29, 1.82) is 0 Å². The molecule has 5 rings (SSSR count). The maximum atomic E-state index is 15.2. The molecule has 3 aliphatic rings. The molecule has 1 aromatic carbocycles.